The van der Waals surface area contributed by atoms with Crippen molar-refractivity contribution in [2.75, 3.05) is 27.1 Å². The van der Waals surface area contributed by atoms with Gasteiger partial charge < -0.3 is 19.9 Å². The molecular formula is C16H17BrN8O5. The maximum Gasteiger partial charge on any atom is 0.293 e. The lowest BCUT2D eigenvalue weighted by molar-refractivity contribution is 0.0944. The minimum atomic E-state index is -0.627. The third-order valence-electron chi connectivity index (χ3n) is 3.86. The van der Waals surface area contributed by atoms with Crippen LogP contribution in [0.1, 0.15) is 21.7 Å². The summed E-state index contributed by atoms with van der Waals surface area (Å²) in [7, 11) is 4.51. The Hall–Kier alpha value is -3.52. The summed E-state index contributed by atoms with van der Waals surface area (Å²) in [5, 5.41) is 18.8. The second-order valence-corrected chi connectivity index (χ2v) is 6.39. The van der Waals surface area contributed by atoms with Crippen molar-refractivity contribution < 1.29 is 23.6 Å². The number of nitrogens with zero attached hydrogens (tertiary/aromatic N) is 6. The van der Waals surface area contributed by atoms with Crippen LogP contribution in [-0.4, -0.2) is 58.8 Å². The van der Waals surface area contributed by atoms with E-state index in [4.69, 9.17) is 19.9 Å². The molecule has 3 N–H and O–H groups in total. The largest absolute Gasteiger partial charge is 0.496 e. The van der Waals surface area contributed by atoms with E-state index in [1.54, 1.807) is 12.1 Å². The number of aromatic nitrogens is 5. The Morgan fingerprint density at radius 3 is 2.67 bits per heavy atom. The van der Waals surface area contributed by atoms with Crippen LogP contribution >= 0.6 is 15.9 Å². The molecule has 0 fully saturated rings. The van der Waals surface area contributed by atoms with Crippen molar-refractivity contribution in [2.45, 2.75) is 6.61 Å². The molecule has 0 aliphatic rings. The maximum atomic E-state index is 12.6. The van der Waals surface area contributed by atoms with Crippen LogP contribution in [0, 0.1) is 0 Å². The van der Waals surface area contributed by atoms with Crippen LogP contribution in [0.4, 0.5) is 5.82 Å². The van der Waals surface area contributed by atoms with Gasteiger partial charge in [0.05, 0.1) is 37.1 Å². The molecule has 3 aromatic rings. The fraction of sp³-hybridized carbons (Fsp3) is 0.250. The Balaban J connectivity index is 1.86. The molecule has 0 spiro atoms. The van der Waals surface area contributed by atoms with Crippen molar-refractivity contribution in [3.05, 3.63) is 33.6 Å². The van der Waals surface area contributed by atoms with E-state index in [1.165, 1.54) is 32.2 Å². The molecule has 0 unspecified atom stereocenters. The summed E-state index contributed by atoms with van der Waals surface area (Å²) in [6, 6.07) is 3.45. The SMILES string of the molecule is COCc1c(C(=O)NN=Cc2c(OC)ccc(OC)c2Br)nnn1-c1nonc1N. The number of hydrogen-bond acceptors (Lipinski definition) is 11. The monoisotopic (exact) mass is 480 g/mol. The molecule has 1 aromatic carbocycles. The van der Waals surface area contributed by atoms with Crippen LogP contribution in [0.25, 0.3) is 5.82 Å². The lowest BCUT2D eigenvalue weighted by atomic mass is 10.2. The number of carbonyl (C=O) groups is 1. The summed E-state index contributed by atoms with van der Waals surface area (Å²) in [4.78, 5) is 12.6. The van der Waals surface area contributed by atoms with Gasteiger partial charge in [0.2, 0.25) is 11.6 Å². The molecule has 2 heterocycles. The molecule has 14 heteroatoms. The number of amides is 1. The Bertz CT molecular complexity index is 1080. The summed E-state index contributed by atoms with van der Waals surface area (Å²) in [5.74, 6) is 0.547. The summed E-state index contributed by atoms with van der Waals surface area (Å²) in [6.45, 7) is 0.00101. The van der Waals surface area contributed by atoms with Gasteiger partial charge in [-0.05, 0) is 38.4 Å². The number of halogens is 1. The van der Waals surface area contributed by atoms with Gasteiger partial charge in [0.1, 0.15) is 17.2 Å². The summed E-state index contributed by atoms with van der Waals surface area (Å²) in [6.07, 6.45) is 1.41. The van der Waals surface area contributed by atoms with E-state index in [9.17, 15) is 4.79 Å². The number of carbonyl (C=O) groups excluding carboxylic acids is 1. The van der Waals surface area contributed by atoms with Crippen LogP contribution in [0.2, 0.25) is 0 Å². The fourth-order valence-corrected chi connectivity index (χ4v) is 3.06. The second kappa shape index (κ2) is 9.32. The van der Waals surface area contributed by atoms with Crippen molar-refractivity contribution in [3.8, 4) is 17.3 Å². The first kappa shape index (κ1) is 21.2. The quantitative estimate of drug-likeness (QED) is 0.349. The number of nitrogen functional groups attached to an aromatic ring is 1. The minimum absolute atomic E-state index is 0.00101. The molecule has 0 atom stereocenters. The van der Waals surface area contributed by atoms with Gasteiger partial charge >= 0.3 is 0 Å². The Kier molecular flexibility index (Phi) is 6.58. The molecule has 1 amide bonds. The van der Waals surface area contributed by atoms with E-state index in [1.807, 2.05) is 0 Å². The molecule has 0 bridgehead atoms. The molecule has 0 aliphatic carbocycles. The zero-order valence-electron chi connectivity index (χ0n) is 16.1. The van der Waals surface area contributed by atoms with Gasteiger partial charge in [-0.1, -0.05) is 5.21 Å². The van der Waals surface area contributed by atoms with Gasteiger partial charge in [-0.3, -0.25) is 4.79 Å². The van der Waals surface area contributed by atoms with E-state index in [2.05, 4.69) is 51.7 Å². The second-order valence-electron chi connectivity index (χ2n) is 5.60. The van der Waals surface area contributed by atoms with Crippen molar-refractivity contribution in [1.29, 1.82) is 0 Å². The van der Waals surface area contributed by atoms with E-state index in [0.29, 0.717) is 21.5 Å². The molecule has 0 aliphatic heterocycles. The molecule has 158 valence electrons. The number of methoxy groups -OCH3 is 3. The molecule has 3 rings (SSSR count). The van der Waals surface area contributed by atoms with Crippen molar-refractivity contribution >= 4 is 33.9 Å². The summed E-state index contributed by atoms with van der Waals surface area (Å²) in [5.41, 5.74) is 8.89. The molecule has 0 saturated carbocycles. The molecule has 30 heavy (non-hydrogen) atoms. The van der Waals surface area contributed by atoms with Crippen molar-refractivity contribution in [1.82, 2.24) is 30.7 Å². The van der Waals surface area contributed by atoms with Gasteiger partial charge in [-0.15, -0.1) is 5.10 Å². The first-order valence-corrected chi connectivity index (χ1v) is 9.06. The Labute approximate surface area is 178 Å². The smallest absolute Gasteiger partial charge is 0.293 e. The number of hydrazone groups is 1. The van der Waals surface area contributed by atoms with Gasteiger partial charge in [0.15, 0.2) is 5.69 Å². The zero-order valence-corrected chi connectivity index (χ0v) is 17.7. The summed E-state index contributed by atoms with van der Waals surface area (Å²) >= 11 is 3.42. The standard InChI is InChI=1S/C16H17BrN8O5/c1-27-7-9-13(20-24-25(9)15-14(18)22-30-23-15)16(26)21-19-6-8-10(28-2)4-5-11(29-3)12(8)17/h4-6H,7H2,1-3H3,(H2,18,22)(H,21,26). The first-order chi connectivity index (χ1) is 14.5. The van der Waals surface area contributed by atoms with Crippen LogP contribution in [-0.2, 0) is 11.3 Å². The highest BCUT2D eigenvalue weighted by molar-refractivity contribution is 9.10. The highest BCUT2D eigenvalue weighted by Gasteiger charge is 2.23. The molecular weight excluding hydrogens is 464 g/mol. The Morgan fingerprint density at radius 1 is 1.30 bits per heavy atom. The maximum absolute atomic E-state index is 12.6. The van der Waals surface area contributed by atoms with Gasteiger partial charge in [-0.2, -0.15) is 9.78 Å². The third kappa shape index (κ3) is 4.08. The number of ether oxygens (including phenoxy) is 3. The number of nitrogens with one attached hydrogen (secondary N) is 1. The number of anilines is 1. The topological polar surface area (TPSA) is 165 Å². The lowest BCUT2D eigenvalue weighted by Gasteiger charge is -2.10. The van der Waals surface area contributed by atoms with E-state index < -0.39 is 5.91 Å². The normalized spacial score (nSPS) is 11.1. The van der Waals surface area contributed by atoms with E-state index in [0.717, 1.165) is 0 Å². The average molecular weight is 481 g/mol. The van der Waals surface area contributed by atoms with E-state index in [-0.39, 0.29) is 29.6 Å². The first-order valence-electron chi connectivity index (χ1n) is 8.27. The highest BCUT2D eigenvalue weighted by Crippen LogP contribution is 2.33. The summed E-state index contributed by atoms with van der Waals surface area (Å²) < 4.78 is 22.1. The number of benzene rings is 1. The average Bonchev–Trinajstić information content (AvgIpc) is 3.35. The molecule has 0 saturated heterocycles. The predicted octanol–water partition coefficient (Wildman–Crippen LogP) is 0.922. The van der Waals surface area contributed by atoms with Gasteiger partial charge in [0.25, 0.3) is 5.91 Å². The molecule has 13 nitrogen and oxygen atoms in total. The van der Waals surface area contributed by atoms with Crippen LogP contribution < -0.4 is 20.6 Å². The van der Waals surface area contributed by atoms with Crippen LogP contribution in [0.3, 0.4) is 0 Å². The van der Waals surface area contributed by atoms with Gasteiger partial charge in [0, 0.05) is 7.11 Å². The highest BCUT2D eigenvalue weighted by atomic mass is 79.9. The number of nitrogens with two attached hydrogens (primary N) is 1. The molecule has 0 radical (unpaired) electrons. The zero-order chi connectivity index (χ0) is 21.7. The van der Waals surface area contributed by atoms with Crippen molar-refractivity contribution in [3.63, 3.8) is 0 Å². The minimum Gasteiger partial charge on any atom is -0.496 e. The fourth-order valence-electron chi connectivity index (χ4n) is 2.47. The Morgan fingerprint density at radius 2 is 2.03 bits per heavy atom. The molecule has 2 aromatic heterocycles. The van der Waals surface area contributed by atoms with Gasteiger partial charge in [-0.25, -0.2) is 10.1 Å². The lowest BCUT2D eigenvalue weighted by Crippen LogP contribution is -2.20. The van der Waals surface area contributed by atoms with Crippen LogP contribution in [0.5, 0.6) is 11.5 Å². The predicted molar refractivity (Wildman–Crippen MR) is 107 cm³/mol. The van der Waals surface area contributed by atoms with Crippen LogP contribution in [0.15, 0.2) is 26.3 Å². The number of hydrogen-bond donors (Lipinski definition) is 2. The third-order valence-corrected chi connectivity index (χ3v) is 4.68. The van der Waals surface area contributed by atoms with E-state index >= 15 is 0 Å². The van der Waals surface area contributed by atoms with Crippen molar-refractivity contribution in [2.24, 2.45) is 5.10 Å². The number of rotatable bonds is 8.